The number of aryl methyl sites for hydroxylation is 1. The predicted molar refractivity (Wildman–Crippen MR) is 123 cm³/mol. The molecule has 7 heteroatoms. The smallest absolute Gasteiger partial charge is 0.227 e. The van der Waals surface area contributed by atoms with Crippen LogP contribution in [-0.4, -0.2) is 58.4 Å². The van der Waals surface area contributed by atoms with Crippen molar-refractivity contribution in [2.24, 2.45) is 5.92 Å². The summed E-state index contributed by atoms with van der Waals surface area (Å²) >= 11 is 3.73. The molecular formula is C22H30N4OS2. The van der Waals surface area contributed by atoms with Gasteiger partial charge in [0, 0.05) is 54.7 Å². The Hall–Kier alpha value is -1.41. The zero-order chi connectivity index (χ0) is 20.1. The Labute approximate surface area is 181 Å². The van der Waals surface area contributed by atoms with Crippen LogP contribution in [0.25, 0.3) is 0 Å². The monoisotopic (exact) mass is 430 g/mol. The van der Waals surface area contributed by atoms with Crippen LogP contribution < -0.4 is 5.32 Å². The van der Waals surface area contributed by atoms with Gasteiger partial charge in [0.15, 0.2) is 0 Å². The summed E-state index contributed by atoms with van der Waals surface area (Å²) in [5, 5.41) is 6.50. The molecule has 0 saturated carbocycles. The van der Waals surface area contributed by atoms with E-state index in [2.05, 4.69) is 37.6 Å². The van der Waals surface area contributed by atoms with Crippen LogP contribution in [0, 0.1) is 12.8 Å². The van der Waals surface area contributed by atoms with Gasteiger partial charge in [0.2, 0.25) is 5.91 Å². The number of thiazole rings is 1. The van der Waals surface area contributed by atoms with Crippen LogP contribution in [0.1, 0.15) is 29.1 Å². The number of aromatic nitrogens is 1. The van der Waals surface area contributed by atoms with E-state index in [1.54, 1.807) is 11.3 Å². The molecule has 1 amide bonds. The first-order valence-electron chi connectivity index (χ1n) is 10.5. The summed E-state index contributed by atoms with van der Waals surface area (Å²) in [6, 6.07) is 8.29. The van der Waals surface area contributed by atoms with Crippen LogP contribution in [0.2, 0.25) is 0 Å². The third-order valence-corrected chi connectivity index (χ3v) is 7.55. The average Bonchev–Trinajstić information content (AvgIpc) is 3.15. The van der Waals surface area contributed by atoms with E-state index in [-0.39, 0.29) is 11.8 Å². The molecule has 1 aromatic carbocycles. The lowest BCUT2D eigenvalue weighted by atomic mass is 9.95. The summed E-state index contributed by atoms with van der Waals surface area (Å²) < 4.78 is 0. The number of hydrogen-bond acceptors (Lipinski definition) is 6. The molecule has 1 aromatic heterocycles. The van der Waals surface area contributed by atoms with Gasteiger partial charge in [0.25, 0.3) is 0 Å². The van der Waals surface area contributed by atoms with Gasteiger partial charge in [-0.2, -0.15) is 11.8 Å². The highest BCUT2D eigenvalue weighted by Gasteiger charge is 2.26. The summed E-state index contributed by atoms with van der Waals surface area (Å²) in [6.45, 7) is 8.04. The molecule has 0 bridgehead atoms. The van der Waals surface area contributed by atoms with Gasteiger partial charge >= 0.3 is 0 Å². The maximum absolute atomic E-state index is 12.9. The van der Waals surface area contributed by atoms with Gasteiger partial charge < -0.3 is 5.32 Å². The molecule has 5 nitrogen and oxygen atoms in total. The molecule has 0 radical (unpaired) electrons. The van der Waals surface area contributed by atoms with Crippen LogP contribution in [0.5, 0.6) is 0 Å². The Morgan fingerprint density at radius 3 is 2.55 bits per heavy atom. The molecule has 0 unspecified atom stereocenters. The summed E-state index contributed by atoms with van der Waals surface area (Å²) in [6.07, 6.45) is 1.83. The van der Waals surface area contributed by atoms with Crippen molar-refractivity contribution in [1.82, 2.24) is 14.8 Å². The summed E-state index contributed by atoms with van der Waals surface area (Å²) in [5.74, 6) is 2.68. The lowest BCUT2D eigenvalue weighted by Crippen LogP contribution is -2.38. The molecular weight excluding hydrogens is 400 g/mol. The molecule has 2 fully saturated rings. The number of anilines is 1. The number of para-hydroxylation sites is 1. The second-order valence-corrected chi connectivity index (χ2v) is 10.2. The first kappa shape index (κ1) is 20.8. The number of thioether (sulfide) groups is 1. The molecule has 1 N–H and O–H groups in total. The summed E-state index contributed by atoms with van der Waals surface area (Å²) in [5.41, 5.74) is 3.36. The standard InChI is InChI=1S/C22H30N4OS2/c1-17-23-20(16-29-17)15-25-8-6-18(7-9-25)22(27)24-21-5-3-2-4-19(21)14-26-10-12-28-13-11-26/h2-5,16,18H,6-15H2,1H3,(H,24,27). The quantitative estimate of drug-likeness (QED) is 0.754. The molecule has 2 aliphatic heterocycles. The summed E-state index contributed by atoms with van der Waals surface area (Å²) in [4.78, 5) is 22.4. The Kier molecular flexibility index (Phi) is 7.24. The number of carbonyl (C=O) groups excluding carboxylic acids is 1. The van der Waals surface area contributed by atoms with Crippen molar-refractivity contribution < 1.29 is 4.79 Å². The van der Waals surface area contributed by atoms with Crippen molar-refractivity contribution in [3.63, 3.8) is 0 Å². The lowest BCUT2D eigenvalue weighted by Gasteiger charge is -2.31. The molecule has 4 rings (SSSR count). The number of rotatable bonds is 6. The predicted octanol–water partition coefficient (Wildman–Crippen LogP) is 3.85. The maximum Gasteiger partial charge on any atom is 0.227 e. The van der Waals surface area contributed by atoms with Crippen LogP contribution >= 0.6 is 23.1 Å². The first-order valence-corrected chi connectivity index (χ1v) is 12.5. The Morgan fingerprint density at radius 2 is 1.83 bits per heavy atom. The molecule has 0 atom stereocenters. The Bertz CT molecular complexity index is 811. The van der Waals surface area contributed by atoms with Crippen LogP contribution in [0.4, 0.5) is 5.69 Å². The Balaban J connectivity index is 1.29. The highest BCUT2D eigenvalue weighted by Crippen LogP contribution is 2.24. The number of nitrogens with zero attached hydrogens (tertiary/aromatic N) is 3. The van der Waals surface area contributed by atoms with Gasteiger partial charge in [-0.15, -0.1) is 11.3 Å². The third-order valence-electron chi connectivity index (χ3n) is 5.78. The normalized spacial score (nSPS) is 19.3. The number of likely N-dealkylation sites (tertiary alicyclic amines) is 1. The van der Waals surface area contributed by atoms with Gasteiger partial charge in [-0.25, -0.2) is 4.98 Å². The van der Waals surface area contributed by atoms with Crippen molar-refractivity contribution in [3.05, 3.63) is 45.9 Å². The third kappa shape index (κ3) is 5.81. The van der Waals surface area contributed by atoms with Gasteiger partial charge in [-0.3, -0.25) is 14.6 Å². The number of benzene rings is 1. The fourth-order valence-corrected chi connectivity index (χ4v) is 5.66. The fraction of sp³-hybridized carbons (Fsp3) is 0.545. The summed E-state index contributed by atoms with van der Waals surface area (Å²) in [7, 11) is 0. The van der Waals surface area contributed by atoms with Crippen LogP contribution in [-0.2, 0) is 17.9 Å². The molecule has 29 heavy (non-hydrogen) atoms. The lowest BCUT2D eigenvalue weighted by molar-refractivity contribution is -0.121. The van der Waals surface area contributed by atoms with Crippen LogP contribution in [0.15, 0.2) is 29.6 Å². The van der Waals surface area contributed by atoms with E-state index in [1.807, 2.05) is 30.8 Å². The zero-order valence-corrected chi connectivity index (χ0v) is 18.7. The topological polar surface area (TPSA) is 48.5 Å². The van der Waals surface area contributed by atoms with E-state index < -0.39 is 0 Å². The minimum atomic E-state index is 0.0999. The van der Waals surface area contributed by atoms with Gasteiger partial charge in [-0.1, -0.05) is 18.2 Å². The molecule has 3 heterocycles. The van der Waals surface area contributed by atoms with Crippen molar-refractivity contribution in [1.29, 1.82) is 0 Å². The molecule has 156 valence electrons. The average molecular weight is 431 g/mol. The molecule has 2 aliphatic rings. The highest BCUT2D eigenvalue weighted by atomic mass is 32.2. The van der Waals surface area contributed by atoms with Crippen molar-refractivity contribution in [2.75, 3.05) is 43.0 Å². The van der Waals surface area contributed by atoms with Crippen molar-refractivity contribution in [2.45, 2.75) is 32.9 Å². The van der Waals surface area contributed by atoms with Gasteiger partial charge in [0.05, 0.1) is 10.7 Å². The second-order valence-electron chi connectivity index (χ2n) is 7.94. The number of amides is 1. The molecule has 2 aromatic rings. The van der Waals surface area contributed by atoms with E-state index in [1.165, 1.54) is 17.1 Å². The van der Waals surface area contributed by atoms with E-state index in [4.69, 9.17) is 0 Å². The zero-order valence-electron chi connectivity index (χ0n) is 17.1. The fourth-order valence-electron chi connectivity index (χ4n) is 4.08. The highest BCUT2D eigenvalue weighted by molar-refractivity contribution is 7.99. The van der Waals surface area contributed by atoms with Crippen LogP contribution in [0.3, 0.4) is 0 Å². The second kappa shape index (κ2) is 10.1. The van der Waals surface area contributed by atoms with E-state index in [0.717, 1.165) is 68.5 Å². The van der Waals surface area contributed by atoms with Gasteiger partial charge in [0.1, 0.15) is 0 Å². The van der Waals surface area contributed by atoms with E-state index in [0.29, 0.717) is 0 Å². The minimum Gasteiger partial charge on any atom is -0.326 e. The number of hydrogen-bond donors (Lipinski definition) is 1. The largest absolute Gasteiger partial charge is 0.326 e. The molecule has 0 spiro atoms. The number of piperidine rings is 1. The number of carbonyl (C=O) groups is 1. The van der Waals surface area contributed by atoms with Crippen molar-refractivity contribution in [3.8, 4) is 0 Å². The van der Waals surface area contributed by atoms with Gasteiger partial charge in [-0.05, 0) is 44.5 Å². The SMILES string of the molecule is Cc1nc(CN2CCC(C(=O)Nc3ccccc3CN3CCSCC3)CC2)cs1. The van der Waals surface area contributed by atoms with E-state index in [9.17, 15) is 4.79 Å². The number of nitrogens with one attached hydrogen (secondary N) is 1. The molecule has 0 aliphatic carbocycles. The van der Waals surface area contributed by atoms with Crippen molar-refractivity contribution >= 4 is 34.7 Å². The molecule has 2 saturated heterocycles. The maximum atomic E-state index is 12.9. The van der Waals surface area contributed by atoms with E-state index >= 15 is 0 Å². The minimum absolute atomic E-state index is 0.0999. The Morgan fingerprint density at radius 1 is 1.10 bits per heavy atom. The first-order chi connectivity index (χ1) is 14.2.